The van der Waals surface area contributed by atoms with Crippen LogP contribution >= 0.6 is 0 Å². The van der Waals surface area contributed by atoms with Gasteiger partial charge in [0.15, 0.2) is 0 Å². The highest BCUT2D eigenvalue weighted by molar-refractivity contribution is 5.53. The second-order valence-corrected chi connectivity index (χ2v) is 9.69. The molecule has 4 rings (SSSR count). The average molecular weight is 554 g/mol. The third-order valence-corrected chi connectivity index (χ3v) is 6.03. The first kappa shape index (κ1) is 30.5. The van der Waals surface area contributed by atoms with Crippen LogP contribution in [0.4, 0.5) is 17.6 Å². The van der Waals surface area contributed by atoms with Gasteiger partial charge in [0, 0.05) is 29.8 Å². The summed E-state index contributed by atoms with van der Waals surface area (Å²) >= 11 is 0. The van der Waals surface area contributed by atoms with Crippen molar-refractivity contribution in [3.8, 4) is 5.75 Å². The molecule has 3 aromatic carbocycles. The van der Waals surface area contributed by atoms with Crippen LogP contribution in [0.15, 0.2) is 85.1 Å². The average Bonchev–Trinajstić information content (AvgIpc) is 2.91. The SMILES string of the molecule is C[C@@H](Cc1cc(F)cc(F)c1)C(O)c1ccc(COc2ccccc2)cn1.C[C@H](C=O)Cc1cc(F)cc(F)c1. The molecular formula is C32H31F4NO3. The van der Waals surface area contributed by atoms with E-state index in [1.54, 1.807) is 19.2 Å². The summed E-state index contributed by atoms with van der Waals surface area (Å²) < 4.78 is 57.6. The number of hydrogen-bond donors (Lipinski definition) is 1. The smallest absolute Gasteiger partial charge is 0.126 e. The summed E-state index contributed by atoms with van der Waals surface area (Å²) in [4.78, 5) is 14.6. The third-order valence-electron chi connectivity index (χ3n) is 6.03. The monoisotopic (exact) mass is 553 g/mol. The number of nitrogens with zero attached hydrogens (tertiary/aromatic N) is 1. The van der Waals surface area contributed by atoms with Crippen LogP contribution in [0.5, 0.6) is 5.75 Å². The zero-order chi connectivity index (χ0) is 29.1. The van der Waals surface area contributed by atoms with Crippen molar-refractivity contribution < 1.29 is 32.2 Å². The lowest BCUT2D eigenvalue weighted by Gasteiger charge is -2.19. The zero-order valence-corrected chi connectivity index (χ0v) is 22.2. The molecule has 0 fully saturated rings. The lowest BCUT2D eigenvalue weighted by Crippen LogP contribution is -2.14. The molecule has 1 aromatic heterocycles. The summed E-state index contributed by atoms with van der Waals surface area (Å²) in [5.41, 5.74) is 2.42. The van der Waals surface area contributed by atoms with E-state index in [2.05, 4.69) is 4.98 Å². The summed E-state index contributed by atoms with van der Waals surface area (Å²) in [7, 11) is 0. The molecule has 40 heavy (non-hydrogen) atoms. The number of ether oxygens (including phenoxy) is 1. The van der Waals surface area contributed by atoms with Crippen molar-refractivity contribution in [1.29, 1.82) is 0 Å². The largest absolute Gasteiger partial charge is 0.489 e. The Bertz CT molecular complexity index is 1330. The molecule has 4 nitrogen and oxygen atoms in total. The number of aliphatic hydroxyl groups excluding tert-OH is 1. The van der Waals surface area contributed by atoms with E-state index in [9.17, 15) is 27.5 Å². The second kappa shape index (κ2) is 14.9. The van der Waals surface area contributed by atoms with Crippen LogP contribution in [0.25, 0.3) is 0 Å². The Morgan fingerprint density at radius 3 is 1.82 bits per heavy atom. The standard InChI is InChI=1S/C22H21F2NO2.C10H10F2O/c1-15(9-17-10-18(23)12-19(24)11-17)22(26)21-8-7-16(13-25-21)14-27-20-5-3-2-4-6-20;1-7(6-13)2-8-3-9(11)5-10(12)4-8/h2-8,10-13,15,22,26H,9,14H2,1H3;3-7H,2H2,1H3/t15-,22?;7-/m00/s1. The van der Waals surface area contributed by atoms with Crippen LogP contribution in [0, 0.1) is 35.1 Å². The summed E-state index contributed by atoms with van der Waals surface area (Å²) in [6.07, 6.45) is 2.31. The molecule has 0 saturated carbocycles. The topological polar surface area (TPSA) is 59.4 Å². The lowest BCUT2D eigenvalue weighted by molar-refractivity contribution is -0.110. The summed E-state index contributed by atoms with van der Waals surface area (Å²) in [6, 6.07) is 19.8. The summed E-state index contributed by atoms with van der Waals surface area (Å²) in [5.74, 6) is -2.12. The molecule has 4 aromatic rings. The van der Waals surface area contributed by atoms with Crippen molar-refractivity contribution in [3.63, 3.8) is 0 Å². The van der Waals surface area contributed by atoms with E-state index in [-0.39, 0.29) is 11.8 Å². The highest BCUT2D eigenvalue weighted by atomic mass is 19.1. The normalized spacial score (nSPS) is 13.0. The number of hydrogen-bond acceptors (Lipinski definition) is 4. The molecule has 0 aliphatic rings. The fourth-order valence-corrected chi connectivity index (χ4v) is 4.03. The van der Waals surface area contributed by atoms with Crippen molar-refractivity contribution in [2.45, 2.75) is 39.4 Å². The minimum atomic E-state index is -0.833. The maximum atomic E-state index is 13.3. The molecule has 0 saturated heterocycles. The van der Waals surface area contributed by atoms with Gasteiger partial charge in [-0.15, -0.1) is 0 Å². The molecule has 0 bridgehead atoms. The van der Waals surface area contributed by atoms with Gasteiger partial charge in [-0.25, -0.2) is 17.6 Å². The number of aldehydes is 1. The van der Waals surface area contributed by atoms with E-state index in [1.165, 1.54) is 24.3 Å². The predicted molar refractivity (Wildman–Crippen MR) is 144 cm³/mol. The quantitative estimate of drug-likeness (QED) is 0.167. The van der Waals surface area contributed by atoms with E-state index < -0.39 is 29.4 Å². The van der Waals surface area contributed by atoms with E-state index >= 15 is 0 Å². The number of carbonyl (C=O) groups is 1. The van der Waals surface area contributed by atoms with Crippen molar-refractivity contribution in [1.82, 2.24) is 4.98 Å². The van der Waals surface area contributed by atoms with Gasteiger partial charge in [0.05, 0.1) is 11.8 Å². The van der Waals surface area contributed by atoms with Crippen LogP contribution in [0.1, 0.15) is 42.3 Å². The zero-order valence-electron chi connectivity index (χ0n) is 22.2. The van der Waals surface area contributed by atoms with Crippen LogP contribution in [-0.2, 0) is 24.2 Å². The van der Waals surface area contributed by atoms with E-state index in [4.69, 9.17) is 4.74 Å². The van der Waals surface area contributed by atoms with Crippen molar-refractivity contribution in [2.24, 2.45) is 11.8 Å². The van der Waals surface area contributed by atoms with Gasteiger partial charge in [-0.1, -0.05) is 38.1 Å². The highest BCUT2D eigenvalue weighted by Crippen LogP contribution is 2.25. The van der Waals surface area contributed by atoms with Crippen LogP contribution in [-0.4, -0.2) is 16.4 Å². The molecule has 1 unspecified atom stereocenters. The second-order valence-electron chi connectivity index (χ2n) is 9.69. The molecular weight excluding hydrogens is 522 g/mol. The van der Waals surface area contributed by atoms with Gasteiger partial charge in [-0.3, -0.25) is 4.98 Å². The number of pyridine rings is 1. The minimum Gasteiger partial charge on any atom is -0.489 e. The third kappa shape index (κ3) is 9.93. The Labute approximate surface area is 231 Å². The molecule has 8 heteroatoms. The Hall–Kier alpha value is -4.04. The number of para-hydroxylation sites is 1. The van der Waals surface area contributed by atoms with Gasteiger partial charge >= 0.3 is 0 Å². The Morgan fingerprint density at radius 1 is 0.775 bits per heavy atom. The van der Waals surface area contributed by atoms with E-state index in [0.717, 1.165) is 29.7 Å². The van der Waals surface area contributed by atoms with Crippen LogP contribution in [0.3, 0.4) is 0 Å². The Balaban J connectivity index is 0.000000285. The van der Waals surface area contributed by atoms with Crippen molar-refractivity contribution >= 4 is 6.29 Å². The number of aromatic nitrogens is 1. The first-order chi connectivity index (χ1) is 19.1. The highest BCUT2D eigenvalue weighted by Gasteiger charge is 2.19. The fraction of sp³-hybridized carbons (Fsp3) is 0.250. The van der Waals surface area contributed by atoms with Gasteiger partial charge in [0.1, 0.15) is 41.9 Å². The van der Waals surface area contributed by atoms with Gasteiger partial charge in [-0.05, 0) is 72.4 Å². The van der Waals surface area contributed by atoms with Crippen LogP contribution in [0.2, 0.25) is 0 Å². The Morgan fingerprint density at radius 2 is 1.32 bits per heavy atom. The molecule has 0 spiro atoms. The van der Waals surface area contributed by atoms with Gasteiger partial charge in [0.25, 0.3) is 0 Å². The molecule has 3 atom stereocenters. The number of carbonyl (C=O) groups excluding carboxylic acids is 1. The first-order valence-corrected chi connectivity index (χ1v) is 12.8. The van der Waals surface area contributed by atoms with E-state index in [1.807, 2.05) is 43.3 Å². The van der Waals surface area contributed by atoms with Crippen molar-refractivity contribution in [2.75, 3.05) is 0 Å². The number of halogens is 4. The molecule has 1 N–H and O–H groups in total. The maximum Gasteiger partial charge on any atom is 0.126 e. The number of benzene rings is 3. The maximum absolute atomic E-state index is 13.3. The lowest BCUT2D eigenvalue weighted by atomic mass is 9.93. The molecule has 210 valence electrons. The molecule has 0 aliphatic heterocycles. The van der Waals surface area contributed by atoms with E-state index in [0.29, 0.717) is 36.3 Å². The van der Waals surface area contributed by atoms with Crippen molar-refractivity contribution in [3.05, 3.63) is 131 Å². The van der Waals surface area contributed by atoms with Gasteiger partial charge in [0.2, 0.25) is 0 Å². The van der Waals surface area contributed by atoms with Crippen LogP contribution < -0.4 is 4.74 Å². The first-order valence-electron chi connectivity index (χ1n) is 12.8. The molecule has 1 heterocycles. The molecule has 0 amide bonds. The number of rotatable bonds is 10. The minimum absolute atomic E-state index is 0.207. The summed E-state index contributed by atoms with van der Waals surface area (Å²) in [6.45, 7) is 3.91. The molecule has 0 aliphatic carbocycles. The van der Waals surface area contributed by atoms with Gasteiger partial charge in [-0.2, -0.15) is 0 Å². The molecule has 0 radical (unpaired) electrons. The summed E-state index contributed by atoms with van der Waals surface area (Å²) in [5, 5.41) is 10.5. The Kier molecular flexibility index (Phi) is 11.4. The fourth-order valence-electron chi connectivity index (χ4n) is 4.03. The van der Waals surface area contributed by atoms with Gasteiger partial charge < -0.3 is 14.6 Å². The number of aliphatic hydroxyl groups is 1. The predicted octanol–water partition coefficient (Wildman–Crippen LogP) is 7.19.